The summed E-state index contributed by atoms with van der Waals surface area (Å²) in [6, 6.07) is 10.3. The van der Waals surface area contributed by atoms with Crippen molar-refractivity contribution in [3.05, 3.63) is 56.5 Å². The van der Waals surface area contributed by atoms with Crippen LogP contribution >= 0.6 is 39.7 Å². The fraction of sp³-hybridized carbons (Fsp3) is 0. The smallest absolute Gasteiger partial charge is 0.182 e. The van der Waals surface area contributed by atoms with Gasteiger partial charge in [0, 0.05) is 5.02 Å². The van der Waals surface area contributed by atoms with E-state index in [1.165, 1.54) is 6.07 Å². The van der Waals surface area contributed by atoms with Gasteiger partial charge < -0.3 is 4.98 Å². The molecule has 2 aromatic carbocycles. The zero-order valence-corrected chi connectivity index (χ0v) is 12.6. The largest absolute Gasteiger partial charge is 0.330 e. The molecule has 1 N–H and O–H groups in total. The topological polar surface area (TPSA) is 20.7 Å². The van der Waals surface area contributed by atoms with E-state index in [-0.39, 0.29) is 5.82 Å². The third-order valence-corrected chi connectivity index (χ3v) is 3.97. The Kier molecular flexibility index (Phi) is 3.20. The molecule has 96 valence electrons. The molecular formula is C13H7BrClFN2S. The molecule has 6 heteroatoms. The molecule has 0 aliphatic carbocycles. The van der Waals surface area contributed by atoms with E-state index in [0.29, 0.717) is 20.0 Å². The van der Waals surface area contributed by atoms with E-state index >= 15 is 0 Å². The van der Waals surface area contributed by atoms with Gasteiger partial charge in [-0.25, -0.2) is 4.39 Å². The molecule has 0 amide bonds. The van der Waals surface area contributed by atoms with Crippen LogP contribution in [0.25, 0.3) is 16.7 Å². The molecule has 1 aromatic heterocycles. The number of aromatic amines is 1. The van der Waals surface area contributed by atoms with Gasteiger partial charge in [-0.15, -0.1) is 0 Å². The molecule has 2 nitrogen and oxygen atoms in total. The first-order chi connectivity index (χ1) is 9.06. The standard InChI is InChI=1S/C13H7BrClFN2S/c14-9-3-2-8(6-10(9)16)18-12-5-7(15)1-4-11(12)17-13(18)19/h1-6H,(H,17,19). The van der Waals surface area contributed by atoms with Crippen LogP contribution in [0.15, 0.2) is 40.9 Å². The molecule has 0 spiro atoms. The van der Waals surface area contributed by atoms with Gasteiger partial charge in [-0.1, -0.05) is 11.6 Å². The number of aromatic nitrogens is 2. The van der Waals surface area contributed by atoms with Crippen molar-refractivity contribution in [2.75, 3.05) is 0 Å². The molecule has 0 unspecified atom stereocenters. The third kappa shape index (κ3) is 2.22. The number of hydrogen-bond acceptors (Lipinski definition) is 1. The van der Waals surface area contributed by atoms with Crippen LogP contribution in [0.5, 0.6) is 0 Å². The van der Waals surface area contributed by atoms with Gasteiger partial charge in [-0.2, -0.15) is 0 Å². The summed E-state index contributed by atoms with van der Waals surface area (Å²) >= 11 is 14.4. The maximum atomic E-state index is 13.7. The van der Waals surface area contributed by atoms with Crippen molar-refractivity contribution in [2.24, 2.45) is 0 Å². The Labute approximate surface area is 127 Å². The Bertz CT molecular complexity index is 840. The predicted octanol–water partition coefficient (Wildman–Crippen LogP) is 5.24. The van der Waals surface area contributed by atoms with Gasteiger partial charge >= 0.3 is 0 Å². The lowest BCUT2D eigenvalue weighted by atomic mass is 10.2. The number of halogens is 3. The van der Waals surface area contributed by atoms with Crippen molar-refractivity contribution in [1.82, 2.24) is 9.55 Å². The Balaban J connectivity index is 2.35. The van der Waals surface area contributed by atoms with Gasteiger partial charge in [0.2, 0.25) is 0 Å². The van der Waals surface area contributed by atoms with Gasteiger partial charge in [0.15, 0.2) is 4.77 Å². The first-order valence-corrected chi connectivity index (χ1v) is 7.00. The molecular weight excluding hydrogens is 351 g/mol. The van der Waals surface area contributed by atoms with Crippen molar-refractivity contribution in [1.29, 1.82) is 0 Å². The minimum atomic E-state index is -0.337. The minimum Gasteiger partial charge on any atom is -0.330 e. The first-order valence-electron chi connectivity index (χ1n) is 5.42. The Morgan fingerprint density at radius 3 is 2.74 bits per heavy atom. The fourth-order valence-corrected chi connectivity index (χ4v) is 2.68. The van der Waals surface area contributed by atoms with Gasteiger partial charge in [0.1, 0.15) is 5.82 Å². The van der Waals surface area contributed by atoms with Crippen LogP contribution in [0.4, 0.5) is 4.39 Å². The lowest BCUT2D eigenvalue weighted by Gasteiger charge is -2.05. The highest BCUT2D eigenvalue weighted by molar-refractivity contribution is 9.10. The molecule has 0 saturated heterocycles. The molecule has 1 heterocycles. The Morgan fingerprint density at radius 1 is 1.21 bits per heavy atom. The third-order valence-electron chi connectivity index (χ3n) is 2.81. The number of nitrogens with one attached hydrogen (secondary N) is 1. The highest BCUT2D eigenvalue weighted by Gasteiger charge is 2.09. The summed E-state index contributed by atoms with van der Waals surface area (Å²) in [7, 11) is 0. The zero-order chi connectivity index (χ0) is 13.6. The molecule has 0 aliphatic heterocycles. The van der Waals surface area contributed by atoms with Crippen molar-refractivity contribution in [3.8, 4) is 5.69 Å². The second-order valence-corrected chi connectivity index (χ2v) is 5.70. The van der Waals surface area contributed by atoms with Crippen LogP contribution in [0.3, 0.4) is 0 Å². The number of nitrogens with zero attached hydrogens (tertiary/aromatic N) is 1. The maximum Gasteiger partial charge on any atom is 0.182 e. The maximum absolute atomic E-state index is 13.7. The van der Waals surface area contributed by atoms with Gasteiger partial charge in [0.25, 0.3) is 0 Å². The summed E-state index contributed by atoms with van der Waals surface area (Å²) in [5, 5.41) is 0.604. The molecule has 0 fully saturated rings. The van der Waals surface area contributed by atoms with Crippen molar-refractivity contribution in [3.63, 3.8) is 0 Å². The van der Waals surface area contributed by atoms with Crippen LogP contribution in [0.2, 0.25) is 5.02 Å². The molecule has 19 heavy (non-hydrogen) atoms. The minimum absolute atomic E-state index is 0.337. The zero-order valence-electron chi connectivity index (χ0n) is 9.45. The van der Waals surface area contributed by atoms with Crippen LogP contribution < -0.4 is 0 Å². The van der Waals surface area contributed by atoms with E-state index in [2.05, 4.69) is 20.9 Å². The molecule has 0 saturated carbocycles. The highest BCUT2D eigenvalue weighted by atomic mass is 79.9. The van der Waals surface area contributed by atoms with Crippen molar-refractivity contribution in [2.45, 2.75) is 0 Å². The summed E-state index contributed by atoms with van der Waals surface area (Å²) in [5.74, 6) is -0.337. The Hall–Kier alpha value is -1.17. The second kappa shape index (κ2) is 4.74. The monoisotopic (exact) mass is 356 g/mol. The molecule has 0 bridgehead atoms. The quantitative estimate of drug-likeness (QED) is 0.590. The van der Waals surface area contributed by atoms with E-state index in [0.717, 1.165) is 11.0 Å². The molecule has 0 aliphatic rings. The lowest BCUT2D eigenvalue weighted by molar-refractivity contribution is 0.620. The SMILES string of the molecule is Fc1cc(-n2c(=S)[nH]c3ccc(Cl)cc32)ccc1Br. The summed E-state index contributed by atoms with van der Waals surface area (Å²) in [6.45, 7) is 0. The predicted molar refractivity (Wildman–Crippen MR) is 81.1 cm³/mol. The van der Waals surface area contributed by atoms with E-state index < -0.39 is 0 Å². The normalized spacial score (nSPS) is 11.1. The average molecular weight is 358 g/mol. The van der Waals surface area contributed by atoms with Gasteiger partial charge in [-0.3, -0.25) is 4.57 Å². The van der Waals surface area contributed by atoms with E-state index in [9.17, 15) is 4.39 Å². The molecule has 3 rings (SSSR count). The van der Waals surface area contributed by atoms with E-state index in [1.807, 2.05) is 6.07 Å². The number of fused-ring (bicyclic) bond motifs is 1. The van der Waals surface area contributed by atoms with E-state index in [4.69, 9.17) is 23.8 Å². The molecule has 3 aromatic rings. The van der Waals surface area contributed by atoms with Crippen LogP contribution in [0, 0.1) is 10.6 Å². The number of imidazole rings is 1. The van der Waals surface area contributed by atoms with Crippen LogP contribution in [0.1, 0.15) is 0 Å². The lowest BCUT2D eigenvalue weighted by Crippen LogP contribution is -1.95. The van der Waals surface area contributed by atoms with E-state index in [1.54, 1.807) is 28.8 Å². The summed E-state index contributed by atoms with van der Waals surface area (Å²) < 4.78 is 16.3. The molecule has 0 radical (unpaired) electrons. The number of benzene rings is 2. The summed E-state index contributed by atoms with van der Waals surface area (Å²) in [4.78, 5) is 3.07. The van der Waals surface area contributed by atoms with Crippen molar-refractivity contribution < 1.29 is 4.39 Å². The summed E-state index contributed by atoms with van der Waals surface area (Å²) in [6.07, 6.45) is 0. The van der Waals surface area contributed by atoms with Crippen molar-refractivity contribution >= 4 is 50.8 Å². The van der Waals surface area contributed by atoms with Crippen LogP contribution in [-0.2, 0) is 0 Å². The second-order valence-electron chi connectivity index (χ2n) is 4.03. The number of H-pyrrole nitrogens is 1. The van der Waals surface area contributed by atoms with Crippen LogP contribution in [-0.4, -0.2) is 9.55 Å². The first kappa shape index (κ1) is 12.8. The van der Waals surface area contributed by atoms with Gasteiger partial charge in [-0.05, 0) is 64.5 Å². The molecule has 0 atom stereocenters. The highest BCUT2D eigenvalue weighted by Crippen LogP contribution is 2.25. The fourth-order valence-electron chi connectivity index (χ4n) is 1.96. The Morgan fingerprint density at radius 2 is 2.00 bits per heavy atom. The number of rotatable bonds is 1. The summed E-state index contributed by atoms with van der Waals surface area (Å²) in [5.41, 5.74) is 2.33. The number of hydrogen-bond donors (Lipinski definition) is 1. The average Bonchev–Trinajstić information content (AvgIpc) is 2.68. The van der Waals surface area contributed by atoms with Gasteiger partial charge in [0.05, 0.1) is 21.2 Å².